The minimum atomic E-state index is -0.462. The minimum absolute atomic E-state index is 0.0414. The van der Waals surface area contributed by atoms with Crippen LogP contribution in [-0.2, 0) is 4.79 Å². The number of thioether (sulfide) groups is 1. The third kappa shape index (κ3) is 3.86. The number of halogens is 1. The van der Waals surface area contributed by atoms with Gasteiger partial charge in [0.25, 0.3) is 11.6 Å². The van der Waals surface area contributed by atoms with Crippen LogP contribution in [-0.4, -0.2) is 27.4 Å². The van der Waals surface area contributed by atoms with E-state index in [4.69, 9.17) is 0 Å². The molecule has 8 heteroatoms. The Morgan fingerprint density at radius 3 is 2.65 bits per heavy atom. The average molecular weight is 432 g/mol. The number of benzene rings is 2. The first-order chi connectivity index (χ1) is 12.5. The van der Waals surface area contributed by atoms with Crippen LogP contribution in [0.25, 0.3) is 6.08 Å². The first-order valence-corrected chi connectivity index (χ1v) is 9.39. The number of likely N-dealkylation sites (N-methyl/N-ethyl adjacent to an activating group) is 1. The van der Waals surface area contributed by atoms with Crippen molar-refractivity contribution < 1.29 is 9.72 Å². The van der Waals surface area contributed by atoms with Gasteiger partial charge < -0.3 is 0 Å². The average Bonchev–Trinajstić information content (AvgIpc) is 2.91. The van der Waals surface area contributed by atoms with E-state index >= 15 is 0 Å². The molecule has 1 heterocycles. The number of nitro benzene ring substituents is 1. The minimum Gasteiger partial charge on any atom is -0.287 e. The monoisotopic (exact) mass is 431 g/mol. The number of rotatable bonds is 4. The molecule has 132 valence electrons. The van der Waals surface area contributed by atoms with Gasteiger partial charge in [-0.25, -0.2) is 4.99 Å². The fraction of sp³-hybridized carbons (Fsp3) is 0.111. The molecule has 2 aromatic rings. The summed E-state index contributed by atoms with van der Waals surface area (Å²) in [5.74, 6) is -0.155. The maximum absolute atomic E-state index is 12.6. The largest absolute Gasteiger partial charge is 0.287 e. The second kappa shape index (κ2) is 7.84. The number of hydrogen-bond acceptors (Lipinski definition) is 5. The predicted octanol–water partition coefficient (Wildman–Crippen LogP) is 4.98. The van der Waals surface area contributed by atoms with Crippen molar-refractivity contribution in [3.05, 3.63) is 73.6 Å². The molecule has 0 atom stereocenters. The van der Waals surface area contributed by atoms with Gasteiger partial charge in [0, 0.05) is 12.6 Å². The quantitative estimate of drug-likeness (QED) is 0.388. The number of hydrogen-bond donors (Lipinski definition) is 0. The zero-order valence-corrected chi connectivity index (χ0v) is 16.2. The summed E-state index contributed by atoms with van der Waals surface area (Å²) in [6, 6.07) is 14.2. The maximum Gasteiger partial charge on any atom is 0.284 e. The molecule has 0 aliphatic carbocycles. The lowest BCUT2D eigenvalue weighted by molar-refractivity contribution is -0.385. The summed E-state index contributed by atoms with van der Waals surface area (Å²) in [5.41, 5.74) is 1.31. The summed E-state index contributed by atoms with van der Waals surface area (Å²) in [7, 11) is 0. The highest BCUT2D eigenvalue weighted by Gasteiger charge is 2.32. The molecule has 1 saturated heterocycles. The van der Waals surface area contributed by atoms with Gasteiger partial charge in [-0.1, -0.05) is 24.3 Å². The van der Waals surface area contributed by atoms with Gasteiger partial charge in [0.05, 0.1) is 20.0 Å². The molecule has 0 unspecified atom stereocenters. The zero-order valence-electron chi connectivity index (χ0n) is 13.8. The molecule has 1 amide bonds. The van der Waals surface area contributed by atoms with Gasteiger partial charge >= 0.3 is 0 Å². The lowest BCUT2D eigenvalue weighted by atomic mass is 10.2. The van der Waals surface area contributed by atoms with Gasteiger partial charge in [-0.05, 0) is 64.5 Å². The lowest BCUT2D eigenvalue weighted by Crippen LogP contribution is -2.28. The van der Waals surface area contributed by atoms with Crippen LogP contribution < -0.4 is 0 Å². The molecule has 0 radical (unpaired) electrons. The first-order valence-electron chi connectivity index (χ1n) is 7.78. The molecule has 0 bridgehead atoms. The van der Waals surface area contributed by atoms with E-state index in [2.05, 4.69) is 20.9 Å². The predicted molar refractivity (Wildman–Crippen MR) is 107 cm³/mol. The third-order valence-electron chi connectivity index (χ3n) is 3.65. The Morgan fingerprint density at radius 2 is 2.00 bits per heavy atom. The Morgan fingerprint density at radius 1 is 1.27 bits per heavy atom. The van der Waals surface area contributed by atoms with Gasteiger partial charge in [0.2, 0.25) is 0 Å². The number of amidine groups is 1. The van der Waals surface area contributed by atoms with Crippen molar-refractivity contribution in [2.75, 3.05) is 6.54 Å². The van der Waals surface area contributed by atoms with Crippen LogP contribution >= 0.6 is 27.7 Å². The topological polar surface area (TPSA) is 75.8 Å². The highest BCUT2D eigenvalue weighted by Crippen LogP contribution is 2.35. The summed E-state index contributed by atoms with van der Waals surface area (Å²) >= 11 is 4.43. The molecule has 3 rings (SSSR count). The van der Waals surface area contributed by atoms with Crippen molar-refractivity contribution in [2.45, 2.75) is 6.92 Å². The Labute approximate surface area is 162 Å². The highest BCUT2D eigenvalue weighted by atomic mass is 79.9. The molecule has 2 aromatic carbocycles. The summed E-state index contributed by atoms with van der Waals surface area (Å²) in [5, 5.41) is 11.7. The molecular formula is C18H14BrN3O3S. The zero-order chi connectivity index (χ0) is 18.7. The van der Waals surface area contributed by atoms with E-state index in [0.717, 1.165) is 5.69 Å². The summed E-state index contributed by atoms with van der Waals surface area (Å²) in [6.45, 7) is 2.38. The van der Waals surface area contributed by atoms with Gasteiger partial charge in [0.1, 0.15) is 0 Å². The number of nitro groups is 1. The molecule has 1 aliphatic heterocycles. The van der Waals surface area contributed by atoms with Crippen LogP contribution in [0.4, 0.5) is 11.4 Å². The van der Waals surface area contributed by atoms with Gasteiger partial charge in [-0.3, -0.25) is 19.8 Å². The third-order valence-corrected chi connectivity index (χ3v) is 5.33. The van der Waals surface area contributed by atoms with Crippen LogP contribution in [0.3, 0.4) is 0 Å². The molecule has 6 nitrogen and oxygen atoms in total. The second-order valence-corrected chi connectivity index (χ2v) is 7.22. The lowest BCUT2D eigenvalue weighted by Gasteiger charge is -2.11. The van der Waals surface area contributed by atoms with E-state index in [1.54, 1.807) is 23.1 Å². The standard InChI is InChI=1S/C18H14BrN3O3S/c1-2-21-17(23)16(26-18(21)20-13-6-4-3-5-7-13)11-12-8-9-14(19)15(10-12)22(24)25/h3-11H,2H2,1H3/b16-11+,20-18?. The number of nitrogens with zero attached hydrogens (tertiary/aromatic N) is 3. The Kier molecular flexibility index (Phi) is 5.53. The molecule has 0 spiro atoms. The van der Waals surface area contributed by atoms with E-state index in [9.17, 15) is 14.9 Å². The molecule has 26 heavy (non-hydrogen) atoms. The van der Waals surface area contributed by atoms with Crippen molar-refractivity contribution in [1.29, 1.82) is 0 Å². The Bertz CT molecular complexity index is 929. The number of amides is 1. The summed E-state index contributed by atoms with van der Waals surface area (Å²) in [6.07, 6.45) is 1.66. The van der Waals surface area contributed by atoms with Crippen molar-refractivity contribution in [3.63, 3.8) is 0 Å². The van der Waals surface area contributed by atoms with Crippen LogP contribution in [0.1, 0.15) is 12.5 Å². The van der Waals surface area contributed by atoms with Crippen LogP contribution in [0, 0.1) is 10.1 Å². The molecule has 1 fully saturated rings. The SMILES string of the molecule is CCN1C(=O)/C(=C\c2ccc(Br)c([N+](=O)[O-])c2)SC1=Nc1ccccc1. The van der Waals surface area contributed by atoms with Crippen LogP contribution in [0.2, 0.25) is 0 Å². The molecule has 1 aliphatic rings. The fourth-order valence-corrected chi connectivity index (χ4v) is 3.85. The molecular weight excluding hydrogens is 418 g/mol. The van der Waals surface area contributed by atoms with E-state index in [1.165, 1.54) is 17.8 Å². The molecule has 0 aromatic heterocycles. The van der Waals surface area contributed by atoms with Crippen molar-refractivity contribution in [3.8, 4) is 0 Å². The number of carbonyl (C=O) groups excluding carboxylic acids is 1. The van der Waals surface area contributed by atoms with Crippen molar-refractivity contribution >= 4 is 56.2 Å². The van der Waals surface area contributed by atoms with E-state index < -0.39 is 4.92 Å². The van der Waals surface area contributed by atoms with E-state index in [0.29, 0.717) is 26.7 Å². The number of carbonyl (C=O) groups is 1. The normalized spacial score (nSPS) is 17.3. The Balaban J connectivity index is 1.95. The number of para-hydroxylation sites is 1. The van der Waals surface area contributed by atoms with E-state index in [1.807, 2.05) is 37.3 Å². The molecule has 0 saturated carbocycles. The van der Waals surface area contributed by atoms with Gasteiger partial charge in [-0.2, -0.15) is 0 Å². The highest BCUT2D eigenvalue weighted by molar-refractivity contribution is 9.10. The smallest absolute Gasteiger partial charge is 0.284 e. The van der Waals surface area contributed by atoms with Crippen LogP contribution in [0.5, 0.6) is 0 Å². The fourth-order valence-electron chi connectivity index (χ4n) is 2.39. The van der Waals surface area contributed by atoms with Gasteiger partial charge in [0.15, 0.2) is 5.17 Å². The second-order valence-electron chi connectivity index (χ2n) is 5.36. The first kappa shape index (κ1) is 18.3. The summed E-state index contributed by atoms with van der Waals surface area (Å²) in [4.78, 5) is 29.9. The van der Waals surface area contributed by atoms with Crippen molar-refractivity contribution in [2.24, 2.45) is 4.99 Å². The van der Waals surface area contributed by atoms with E-state index in [-0.39, 0.29) is 11.6 Å². The van der Waals surface area contributed by atoms with Crippen molar-refractivity contribution in [1.82, 2.24) is 4.90 Å². The van der Waals surface area contributed by atoms with Crippen LogP contribution in [0.15, 0.2) is 62.9 Å². The maximum atomic E-state index is 12.6. The molecule has 0 N–H and O–H groups in total. The summed E-state index contributed by atoms with van der Waals surface area (Å²) < 4.78 is 0.400. The van der Waals surface area contributed by atoms with Gasteiger partial charge in [-0.15, -0.1) is 0 Å². The number of aliphatic imine (C=N–C) groups is 1. The Hall–Kier alpha value is -2.45.